The average Bonchev–Trinajstić information content (AvgIpc) is 3.01. The van der Waals surface area contributed by atoms with Crippen LogP contribution in [0, 0.1) is 0 Å². The summed E-state index contributed by atoms with van der Waals surface area (Å²) in [5.74, 6) is 1.28. The number of hydrogen-bond donors (Lipinski definition) is 1. The molecule has 1 saturated heterocycles. The first-order chi connectivity index (χ1) is 14.5. The third-order valence-electron chi connectivity index (χ3n) is 5.05. The molecule has 162 valence electrons. The first-order valence-corrected chi connectivity index (χ1v) is 11.8. The van der Waals surface area contributed by atoms with Crippen molar-refractivity contribution in [2.24, 2.45) is 0 Å². The third-order valence-corrected chi connectivity index (χ3v) is 7.25. The summed E-state index contributed by atoms with van der Waals surface area (Å²) >= 11 is 6.34. The molecule has 0 amide bonds. The van der Waals surface area contributed by atoms with E-state index in [-0.39, 0.29) is 0 Å². The highest BCUT2D eigenvalue weighted by Crippen LogP contribution is 2.38. The number of nitrogens with one attached hydrogen (secondary N) is 1. The zero-order valence-electron chi connectivity index (χ0n) is 16.6. The number of morpholine rings is 1. The minimum Gasteiger partial charge on any atom is -0.489 e. The number of benzene rings is 2. The maximum atomic E-state index is 12.7. The van der Waals surface area contributed by atoms with Gasteiger partial charge in [0.2, 0.25) is 10.0 Å². The molecule has 0 unspecified atom stereocenters. The summed E-state index contributed by atoms with van der Waals surface area (Å²) in [6, 6.07) is 10.8. The molecule has 2 aliphatic rings. The van der Waals surface area contributed by atoms with Crippen molar-refractivity contribution in [2.75, 3.05) is 39.5 Å². The Kier molecular flexibility index (Phi) is 6.80. The summed E-state index contributed by atoms with van der Waals surface area (Å²) < 4.78 is 43.5. The molecule has 30 heavy (non-hydrogen) atoms. The van der Waals surface area contributed by atoms with Gasteiger partial charge in [0.05, 0.1) is 36.3 Å². The van der Waals surface area contributed by atoms with Gasteiger partial charge in [-0.25, -0.2) is 8.42 Å². The largest absolute Gasteiger partial charge is 0.489 e. The van der Waals surface area contributed by atoms with E-state index in [9.17, 15) is 8.42 Å². The quantitative estimate of drug-likeness (QED) is 0.726. The van der Waals surface area contributed by atoms with Crippen LogP contribution in [0.5, 0.6) is 11.5 Å². The molecule has 2 aromatic carbocycles. The van der Waals surface area contributed by atoms with Crippen molar-refractivity contribution in [1.82, 2.24) is 9.62 Å². The van der Waals surface area contributed by atoms with Gasteiger partial charge in [-0.05, 0) is 35.4 Å². The lowest BCUT2D eigenvalue weighted by Crippen LogP contribution is -2.40. The van der Waals surface area contributed by atoms with Crippen molar-refractivity contribution >= 4 is 21.6 Å². The van der Waals surface area contributed by atoms with Crippen LogP contribution in [0.1, 0.15) is 17.5 Å². The molecule has 0 bridgehead atoms. The van der Waals surface area contributed by atoms with Crippen molar-refractivity contribution in [3.05, 3.63) is 52.5 Å². The van der Waals surface area contributed by atoms with Gasteiger partial charge in [0.15, 0.2) is 11.5 Å². The molecule has 4 rings (SSSR count). The number of fused-ring (bicyclic) bond motifs is 1. The summed E-state index contributed by atoms with van der Waals surface area (Å²) in [5, 5.41) is 3.90. The van der Waals surface area contributed by atoms with Crippen molar-refractivity contribution < 1.29 is 22.6 Å². The summed E-state index contributed by atoms with van der Waals surface area (Å²) in [6.07, 6.45) is 0.829. The fraction of sp³-hybridized carbons (Fsp3) is 0.429. The molecule has 0 saturated carbocycles. The molecule has 0 radical (unpaired) electrons. The van der Waals surface area contributed by atoms with Crippen LogP contribution < -0.4 is 14.8 Å². The summed E-state index contributed by atoms with van der Waals surface area (Å²) in [7, 11) is -3.47. The lowest BCUT2D eigenvalue weighted by Gasteiger charge is -2.26. The molecule has 2 aromatic rings. The fourth-order valence-corrected chi connectivity index (χ4v) is 5.15. The summed E-state index contributed by atoms with van der Waals surface area (Å²) in [5.41, 5.74) is 1.99. The Bertz CT molecular complexity index is 976. The van der Waals surface area contributed by atoms with E-state index in [1.807, 2.05) is 24.3 Å². The van der Waals surface area contributed by atoms with Gasteiger partial charge in [-0.2, -0.15) is 4.31 Å². The second kappa shape index (κ2) is 9.53. The Balaban J connectivity index is 1.36. The zero-order chi connectivity index (χ0) is 21.0. The highest BCUT2D eigenvalue weighted by molar-refractivity contribution is 7.89. The van der Waals surface area contributed by atoms with Gasteiger partial charge in [0.25, 0.3) is 0 Å². The fourth-order valence-electron chi connectivity index (χ4n) is 3.45. The van der Waals surface area contributed by atoms with Gasteiger partial charge in [-0.15, -0.1) is 0 Å². The maximum Gasteiger partial charge on any atom is 0.243 e. The maximum absolute atomic E-state index is 12.7. The monoisotopic (exact) mass is 452 g/mol. The first-order valence-electron chi connectivity index (χ1n) is 9.99. The topological polar surface area (TPSA) is 77.1 Å². The SMILES string of the molecule is O=S(=O)(c1ccc(CNCc2cc(Cl)c3c(c2)OCCCO3)cc1)N1CCOCC1. The molecule has 7 nitrogen and oxygen atoms in total. The van der Waals surface area contributed by atoms with Crippen LogP contribution in [0.3, 0.4) is 0 Å². The Morgan fingerprint density at radius 2 is 1.63 bits per heavy atom. The molecular formula is C21H25ClN2O5S. The highest BCUT2D eigenvalue weighted by atomic mass is 35.5. The molecular weight excluding hydrogens is 428 g/mol. The molecule has 2 heterocycles. The molecule has 2 aliphatic heterocycles. The van der Waals surface area contributed by atoms with Crippen LogP contribution >= 0.6 is 11.6 Å². The van der Waals surface area contributed by atoms with E-state index in [4.69, 9.17) is 25.8 Å². The molecule has 1 fully saturated rings. The number of halogens is 1. The van der Waals surface area contributed by atoms with E-state index in [1.54, 1.807) is 12.1 Å². The second-order valence-corrected chi connectivity index (χ2v) is 9.56. The Hall–Kier alpha value is -1.84. The van der Waals surface area contributed by atoms with Gasteiger partial charge in [0.1, 0.15) is 0 Å². The minimum absolute atomic E-state index is 0.308. The minimum atomic E-state index is -3.47. The Morgan fingerprint density at radius 1 is 0.933 bits per heavy atom. The molecule has 0 aliphatic carbocycles. The molecule has 9 heteroatoms. The van der Waals surface area contributed by atoms with Crippen LogP contribution in [0.25, 0.3) is 0 Å². The predicted molar refractivity (Wildman–Crippen MR) is 114 cm³/mol. The number of sulfonamides is 1. The van der Waals surface area contributed by atoms with Crippen LogP contribution in [-0.2, 0) is 27.8 Å². The van der Waals surface area contributed by atoms with E-state index in [0.717, 1.165) is 17.5 Å². The lowest BCUT2D eigenvalue weighted by atomic mass is 10.2. The highest BCUT2D eigenvalue weighted by Gasteiger charge is 2.26. The number of nitrogens with zero attached hydrogens (tertiary/aromatic N) is 1. The van der Waals surface area contributed by atoms with Crippen molar-refractivity contribution in [2.45, 2.75) is 24.4 Å². The standard InChI is InChI=1S/C21H25ClN2O5S/c22-19-12-17(13-20-21(19)29-9-1-8-28-20)15-23-14-16-2-4-18(5-3-16)30(25,26)24-6-10-27-11-7-24/h2-5,12-13,23H,1,6-11,14-15H2. The number of ether oxygens (including phenoxy) is 3. The molecule has 0 spiro atoms. The van der Waals surface area contributed by atoms with Gasteiger partial charge in [-0.3, -0.25) is 0 Å². The van der Waals surface area contributed by atoms with Gasteiger partial charge in [-0.1, -0.05) is 23.7 Å². The summed E-state index contributed by atoms with van der Waals surface area (Å²) in [6.45, 7) is 4.07. The van der Waals surface area contributed by atoms with Crippen LogP contribution in [-0.4, -0.2) is 52.2 Å². The van der Waals surface area contributed by atoms with E-state index in [0.29, 0.717) is 74.0 Å². The molecule has 0 aromatic heterocycles. The number of rotatable bonds is 6. The first kappa shape index (κ1) is 21.4. The van der Waals surface area contributed by atoms with Crippen molar-refractivity contribution in [3.63, 3.8) is 0 Å². The Morgan fingerprint density at radius 3 is 2.40 bits per heavy atom. The van der Waals surface area contributed by atoms with Crippen LogP contribution in [0.15, 0.2) is 41.3 Å². The van der Waals surface area contributed by atoms with E-state index < -0.39 is 10.0 Å². The van der Waals surface area contributed by atoms with E-state index in [1.165, 1.54) is 4.31 Å². The summed E-state index contributed by atoms with van der Waals surface area (Å²) in [4.78, 5) is 0.308. The third kappa shape index (κ3) is 4.90. The predicted octanol–water partition coefficient (Wildman–Crippen LogP) is 2.81. The van der Waals surface area contributed by atoms with Crippen molar-refractivity contribution in [1.29, 1.82) is 0 Å². The Labute approximate surface area is 181 Å². The average molecular weight is 453 g/mol. The zero-order valence-corrected chi connectivity index (χ0v) is 18.2. The smallest absolute Gasteiger partial charge is 0.243 e. The van der Waals surface area contributed by atoms with Gasteiger partial charge < -0.3 is 19.5 Å². The molecule has 0 atom stereocenters. The van der Waals surface area contributed by atoms with E-state index in [2.05, 4.69) is 5.32 Å². The number of hydrogen-bond acceptors (Lipinski definition) is 6. The second-order valence-electron chi connectivity index (χ2n) is 7.22. The normalized spacial score (nSPS) is 17.5. The van der Waals surface area contributed by atoms with Crippen molar-refractivity contribution in [3.8, 4) is 11.5 Å². The van der Waals surface area contributed by atoms with E-state index >= 15 is 0 Å². The van der Waals surface area contributed by atoms with Gasteiger partial charge >= 0.3 is 0 Å². The van der Waals surface area contributed by atoms with Crippen LogP contribution in [0.2, 0.25) is 5.02 Å². The lowest BCUT2D eigenvalue weighted by molar-refractivity contribution is 0.0730. The molecule has 1 N–H and O–H groups in total. The van der Waals surface area contributed by atoms with Crippen LogP contribution in [0.4, 0.5) is 0 Å². The van der Waals surface area contributed by atoms with Gasteiger partial charge in [0, 0.05) is 32.6 Å².